The molecule has 1 fully saturated rings. The van der Waals surface area contributed by atoms with Crippen LogP contribution >= 0.6 is 11.6 Å². The van der Waals surface area contributed by atoms with Crippen LogP contribution < -0.4 is 10.2 Å². The minimum Gasteiger partial charge on any atom is -0.353 e. The summed E-state index contributed by atoms with van der Waals surface area (Å²) in [5.74, 6) is 0.860. The highest BCUT2D eigenvalue weighted by Crippen LogP contribution is 2.24. The van der Waals surface area contributed by atoms with Crippen molar-refractivity contribution in [1.29, 1.82) is 0 Å². The Balaban J connectivity index is 2.01. The molecule has 0 radical (unpaired) electrons. The number of piperidine rings is 1. The molecular formula is C13H19ClN4O. The Bertz CT molecular complexity index is 452. The number of carbonyl (C=O) groups excluding carboxylic acids is 1. The van der Waals surface area contributed by atoms with Gasteiger partial charge in [-0.3, -0.25) is 4.79 Å². The summed E-state index contributed by atoms with van der Waals surface area (Å²) in [6.45, 7) is 5.45. The first-order valence-corrected chi connectivity index (χ1v) is 6.96. The van der Waals surface area contributed by atoms with E-state index in [9.17, 15) is 4.79 Å². The van der Waals surface area contributed by atoms with Gasteiger partial charge in [-0.25, -0.2) is 9.97 Å². The molecule has 1 unspecified atom stereocenters. The lowest BCUT2D eigenvalue weighted by molar-refractivity contribution is -0.124. The third-order valence-corrected chi connectivity index (χ3v) is 3.51. The Labute approximate surface area is 118 Å². The Hall–Kier alpha value is -1.36. The summed E-state index contributed by atoms with van der Waals surface area (Å²) in [7, 11) is 0. The highest BCUT2D eigenvalue weighted by molar-refractivity contribution is 6.32. The van der Waals surface area contributed by atoms with Crippen LogP contribution in [0.2, 0.25) is 5.02 Å². The number of carbonyl (C=O) groups is 1. The average molecular weight is 283 g/mol. The second-order valence-corrected chi connectivity index (χ2v) is 5.55. The second kappa shape index (κ2) is 6.19. The minimum absolute atomic E-state index is 0.0121. The summed E-state index contributed by atoms with van der Waals surface area (Å²) >= 11 is 6.11. The molecule has 1 saturated heterocycles. The lowest BCUT2D eigenvalue weighted by atomic mass is 10.0. The Kier molecular flexibility index (Phi) is 4.58. The average Bonchev–Trinajstić information content (AvgIpc) is 2.39. The number of hydrogen-bond acceptors (Lipinski definition) is 4. The quantitative estimate of drug-likeness (QED) is 0.919. The zero-order valence-corrected chi connectivity index (χ0v) is 12.0. The molecule has 104 valence electrons. The van der Waals surface area contributed by atoms with Crippen molar-refractivity contribution in [2.75, 3.05) is 18.0 Å². The highest BCUT2D eigenvalue weighted by atomic mass is 35.5. The molecule has 0 saturated carbocycles. The van der Waals surface area contributed by atoms with E-state index in [-0.39, 0.29) is 17.9 Å². The van der Waals surface area contributed by atoms with E-state index in [1.807, 2.05) is 13.8 Å². The molecule has 1 amide bonds. The SMILES string of the molecule is CC(C)C(=O)NC1CCCN(c2ncncc2Cl)C1. The van der Waals surface area contributed by atoms with Gasteiger partial charge in [0.15, 0.2) is 5.82 Å². The summed E-state index contributed by atoms with van der Waals surface area (Å²) in [6.07, 6.45) is 5.11. The van der Waals surface area contributed by atoms with Crippen molar-refractivity contribution in [3.63, 3.8) is 0 Å². The van der Waals surface area contributed by atoms with E-state index in [0.29, 0.717) is 5.02 Å². The van der Waals surface area contributed by atoms with Gasteiger partial charge in [0.2, 0.25) is 5.91 Å². The van der Waals surface area contributed by atoms with E-state index >= 15 is 0 Å². The van der Waals surface area contributed by atoms with E-state index in [0.717, 1.165) is 31.7 Å². The number of amides is 1. The number of halogens is 1. The molecule has 2 rings (SSSR count). The van der Waals surface area contributed by atoms with Gasteiger partial charge in [-0.15, -0.1) is 0 Å². The summed E-state index contributed by atoms with van der Waals surface area (Å²) in [5.41, 5.74) is 0. The lowest BCUT2D eigenvalue weighted by Gasteiger charge is -2.34. The highest BCUT2D eigenvalue weighted by Gasteiger charge is 2.24. The largest absolute Gasteiger partial charge is 0.353 e. The number of anilines is 1. The van der Waals surface area contributed by atoms with Gasteiger partial charge in [0.25, 0.3) is 0 Å². The molecule has 1 aliphatic rings. The normalized spacial score (nSPS) is 19.6. The van der Waals surface area contributed by atoms with Crippen LogP contribution in [0.3, 0.4) is 0 Å². The van der Waals surface area contributed by atoms with E-state index in [4.69, 9.17) is 11.6 Å². The fourth-order valence-corrected chi connectivity index (χ4v) is 2.42. The first-order chi connectivity index (χ1) is 9.08. The minimum atomic E-state index is 0.0121. The maximum absolute atomic E-state index is 11.7. The van der Waals surface area contributed by atoms with Gasteiger partial charge in [0.1, 0.15) is 11.3 Å². The topological polar surface area (TPSA) is 58.1 Å². The number of aromatic nitrogens is 2. The molecule has 1 aliphatic heterocycles. The fraction of sp³-hybridized carbons (Fsp3) is 0.615. The molecule has 0 bridgehead atoms. The van der Waals surface area contributed by atoms with Crippen molar-refractivity contribution in [2.24, 2.45) is 5.92 Å². The molecule has 1 atom stereocenters. The van der Waals surface area contributed by atoms with Crippen molar-refractivity contribution in [1.82, 2.24) is 15.3 Å². The zero-order valence-electron chi connectivity index (χ0n) is 11.3. The van der Waals surface area contributed by atoms with Gasteiger partial charge >= 0.3 is 0 Å². The predicted octanol–water partition coefficient (Wildman–Crippen LogP) is 1.87. The lowest BCUT2D eigenvalue weighted by Crippen LogP contribution is -2.49. The molecule has 1 aromatic heterocycles. The molecule has 2 heterocycles. The van der Waals surface area contributed by atoms with Gasteiger partial charge in [-0.1, -0.05) is 25.4 Å². The molecule has 0 aromatic carbocycles. The second-order valence-electron chi connectivity index (χ2n) is 5.14. The predicted molar refractivity (Wildman–Crippen MR) is 75.3 cm³/mol. The third-order valence-electron chi connectivity index (χ3n) is 3.24. The van der Waals surface area contributed by atoms with E-state index in [2.05, 4.69) is 20.2 Å². The Morgan fingerprint density at radius 2 is 2.37 bits per heavy atom. The first-order valence-electron chi connectivity index (χ1n) is 6.58. The van der Waals surface area contributed by atoms with Crippen LogP contribution in [0.5, 0.6) is 0 Å². The zero-order chi connectivity index (χ0) is 13.8. The number of nitrogens with zero attached hydrogens (tertiary/aromatic N) is 3. The third kappa shape index (κ3) is 3.56. The molecule has 5 nitrogen and oxygen atoms in total. The molecule has 1 aromatic rings. The van der Waals surface area contributed by atoms with Gasteiger partial charge in [0, 0.05) is 25.0 Å². The molecule has 6 heteroatoms. The molecule has 19 heavy (non-hydrogen) atoms. The summed E-state index contributed by atoms with van der Waals surface area (Å²) in [4.78, 5) is 22.0. The Morgan fingerprint density at radius 3 is 3.05 bits per heavy atom. The maximum atomic E-state index is 11.7. The maximum Gasteiger partial charge on any atom is 0.222 e. The number of hydrogen-bond donors (Lipinski definition) is 1. The van der Waals surface area contributed by atoms with Crippen LogP contribution in [0.1, 0.15) is 26.7 Å². The van der Waals surface area contributed by atoms with Gasteiger partial charge in [-0.05, 0) is 12.8 Å². The van der Waals surface area contributed by atoms with E-state index in [1.165, 1.54) is 6.33 Å². The van der Waals surface area contributed by atoms with Crippen LogP contribution in [0.25, 0.3) is 0 Å². The van der Waals surface area contributed by atoms with Crippen LogP contribution in [0.4, 0.5) is 5.82 Å². The first kappa shape index (κ1) is 14.1. The van der Waals surface area contributed by atoms with E-state index in [1.54, 1.807) is 6.20 Å². The number of rotatable bonds is 3. The monoisotopic (exact) mass is 282 g/mol. The fourth-order valence-electron chi connectivity index (χ4n) is 2.19. The van der Waals surface area contributed by atoms with Crippen molar-refractivity contribution in [2.45, 2.75) is 32.7 Å². The van der Waals surface area contributed by atoms with Crippen molar-refractivity contribution in [3.05, 3.63) is 17.5 Å². The van der Waals surface area contributed by atoms with Crippen molar-refractivity contribution < 1.29 is 4.79 Å². The Morgan fingerprint density at radius 1 is 1.58 bits per heavy atom. The van der Waals surface area contributed by atoms with Crippen LogP contribution in [-0.2, 0) is 4.79 Å². The van der Waals surface area contributed by atoms with Gasteiger partial charge in [0.05, 0.1) is 6.20 Å². The van der Waals surface area contributed by atoms with Gasteiger partial charge < -0.3 is 10.2 Å². The summed E-state index contributed by atoms with van der Waals surface area (Å²) < 4.78 is 0. The molecular weight excluding hydrogens is 264 g/mol. The van der Waals surface area contributed by atoms with Crippen molar-refractivity contribution in [3.8, 4) is 0 Å². The summed E-state index contributed by atoms with van der Waals surface area (Å²) in [6, 6.07) is 0.162. The van der Waals surface area contributed by atoms with Gasteiger partial charge in [-0.2, -0.15) is 0 Å². The standard InChI is InChI=1S/C13H19ClN4O/c1-9(2)13(19)17-10-4-3-5-18(7-10)12-11(14)6-15-8-16-12/h6,8-10H,3-5,7H2,1-2H3,(H,17,19). The van der Waals surface area contributed by atoms with Crippen LogP contribution in [0, 0.1) is 5.92 Å². The summed E-state index contributed by atoms with van der Waals surface area (Å²) in [5, 5.41) is 3.62. The van der Waals surface area contributed by atoms with E-state index < -0.39 is 0 Å². The van der Waals surface area contributed by atoms with Crippen molar-refractivity contribution >= 4 is 23.3 Å². The molecule has 0 aliphatic carbocycles. The molecule has 0 spiro atoms. The van der Waals surface area contributed by atoms with Crippen LogP contribution in [0.15, 0.2) is 12.5 Å². The number of nitrogens with one attached hydrogen (secondary N) is 1. The molecule has 1 N–H and O–H groups in total. The smallest absolute Gasteiger partial charge is 0.222 e. The van der Waals surface area contributed by atoms with Crippen LogP contribution in [-0.4, -0.2) is 35.0 Å².